The highest BCUT2D eigenvalue weighted by molar-refractivity contribution is 9.09. The maximum absolute atomic E-state index is 14.9. The summed E-state index contributed by atoms with van der Waals surface area (Å²) in [5.41, 5.74) is 1.96. The second-order valence-corrected chi connectivity index (χ2v) is 12.5. The zero-order chi connectivity index (χ0) is 30.2. The average molecular weight is 638 g/mol. The number of alkyl halides is 1. The Morgan fingerprint density at radius 3 is 2.62 bits per heavy atom. The van der Waals surface area contributed by atoms with Gasteiger partial charge < -0.3 is 24.4 Å². The minimum atomic E-state index is -1.30. The number of anilines is 1. The number of aryl methyl sites for hydroxylation is 2. The SMILES string of the molecule is C=CCCOC(=O)[C@H]1[C@H]2C(=O)N([C@H](CO)c3ccccc3)C(C(=O)N(CC=C)c3cc(C)ccc3C)C23CC(Br)[C@@H]1O3. The number of benzene rings is 2. The van der Waals surface area contributed by atoms with Crippen LogP contribution in [0.1, 0.15) is 35.6 Å². The van der Waals surface area contributed by atoms with Crippen LogP contribution in [0.15, 0.2) is 73.8 Å². The summed E-state index contributed by atoms with van der Waals surface area (Å²) in [6.07, 6.45) is 3.50. The topological polar surface area (TPSA) is 96.4 Å². The van der Waals surface area contributed by atoms with E-state index in [1.807, 2.05) is 62.4 Å². The number of fused-ring (bicyclic) bond motifs is 1. The molecule has 1 spiro atoms. The summed E-state index contributed by atoms with van der Waals surface area (Å²) in [6, 6.07) is 13.1. The maximum Gasteiger partial charge on any atom is 0.312 e. The van der Waals surface area contributed by atoms with E-state index >= 15 is 0 Å². The van der Waals surface area contributed by atoms with Gasteiger partial charge in [0, 0.05) is 17.1 Å². The highest BCUT2D eigenvalue weighted by Crippen LogP contribution is 2.61. The van der Waals surface area contributed by atoms with Crippen molar-refractivity contribution in [1.29, 1.82) is 0 Å². The molecule has 222 valence electrons. The van der Waals surface area contributed by atoms with Gasteiger partial charge >= 0.3 is 5.97 Å². The minimum absolute atomic E-state index is 0.140. The lowest BCUT2D eigenvalue weighted by Crippen LogP contribution is -2.57. The molecule has 3 heterocycles. The zero-order valence-electron chi connectivity index (χ0n) is 23.9. The zero-order valence-corrected chi connectivity index (χ0v) is 25.5. The third-order valence-electron chi connectivity index (χ3n) is 8.73. The predicted octanol–water partition coefficient (Wildman–Crippen LogP) is 4.42. The molecule has 0 aromatic heterocycles. The summed E-state index contributed by atoms with van der Waals surface area (Å²) in [4.78, 5) is 45.8. The Morgan fingerprint density at radius 1 is 1.21 bits per heavy atom. The molecular weight excluding hydrogens is 600 g/mol. The van der Waals surface area contributed by atoms with Gasteiger partial charge in [-0.05, 0) is 49.4 Å². The molecule has 0 aliphatic carbocycles. The number of likely N-dealkylation sites (tertiary alicyclic amines) is 1. The molecule has 2 bridgehead atoms. The Morgan fingerprint density at radius 2 is 1.95 bits per heavy atom. The number of esters is 1. The van der Waals surface area contributed by atoms with Crippen LogP contribution in [0.25, 0.3) is 0 Å². The lowest BCUT2D eigenvalue weighted by molar-refractivity contribution is -0.155. The number of rotatable bonds is 11. The number of carbonyl (C=O) groups is 3. The predicted molar refractivity (Wildman–Crippen MR) is 163 cm³/mol. The summed E-state index contributed by atoms with van der Waals surface area (Å²) in [5.74, 6) is -3.12. The lowest BCUT2D eigenvalue weighted by Gasteiger charge is -2.39. The maximum atomic E-state index is 14.9. The molecule has 7 atom stereocenters. The average Bonchev–Trinajstić information content (AvgIpc) is 3.57. The first-order valence-electron chi connectivity index (χ1n) is 14.3. The molecule has 0 radical (unpaired) electrons. The van der Waals surface area contributed by atoms with E-state index in [9.17, 15) is 19.5 Å². The number of hydrogen-bond donors (Lipinski definition) is 1. The van der Waals surface area contributed by atoms with Crippen molar-refractivity contribution >= 4 is 39.4 Å². The number of aliphatic hydroxyl groups excluding tert-OH is 1. The van der Waals surface area contributed by atoms with Gasteiger partial charge in [-0.1, -0.05) is 70.5 Å². The van der Waals surface area contributed by atoms with Gasteiger partial charge in [0.1, 0.15) is 11.6 Å². The van der Waals surface area contributed by atoms with Crippen LogP contribution in [-0.2, 0) is 23.9 Å². The fourth-order valence-electron chi connectivity index (χ4n) is 6.91. The molecule has 5 rings (SSSR count). The van der Waals surface area contributed by atoms with Crippen LogP contribution >= 0.6 is 15.9 Å². The molecule has 42 heavy (non-hydrogen) atoms. The van der Waals surface area contributed by atoms with E-state index in [-0.39, 0.29) is 23.9 Å². The van der Waals surface area contributed by atoms with Crippen molar-refractivity contribution in [1.82, 2.24) is 4.90 Å². The van der Waals surface area contributed by atoms with Crippen LogP contribution in [0.5, 0.6) is 0 Å². The van der Waals surface area contributed by atoms with Crippen molar-refractivity contribution in [3.63, 3.8) is 0 Å². The summed E-state index contributed by atoms with van der Waals surface area (Å²) in [6.45, 7) is 11.4. The monoisotopic (exact) mass is 636 g/mol. The van der Waals surface area contributed by atoms with Crippen LogP contribution in [0.2, 0.25) is 0 Å². The van der Waals surface area contributed by atoms with E-state index in [1.165, 1.54) is 4.90 Å². The van der Waals surface area contributed by atoms with Gasteiger partial charge in [0.25, 0.3) is 5.91 Å². The van der Waals surface area contributed by atoms with Gasteiger partial charge in [-0.25, -0.2) is 0 Å². The number of nitrogens with zero attached hydrogens (tertiary/aromatic N) is 2. The number of ether oxygens (including phenoxy) is 2. The summed E-state index contributed by atoms with van der Waals surface area (Å²) in [5, 5.41) is 10.7. The highest BCUT2D eigenvalue weighted by atomic mass is 79.9. The largest absolute Gasteiger partial charge is 0.465 e. The minimum Gasteiger partial charge on any atom is -0.465 e. The standard InChI is InChI=1S/C33H37BrN2O6/c1-5-7-16-41-32(40)26-27-30(38)36(25(19-37)22-11-9-8-10-12-22)29(33(27)18-23(34)28(26)42-33)31(39)35(15-6-2)24-17-20(3)13-14-21(24)4/h5-6,8-14,17,23,25-29,37H,1-2,7,15-16,18-19H2,3-4H3/t23?,25-,26+,27+,28+,29?,33?/m1/s1. The van der Waals surface area contributed by atoms with Crippen molar-refractivity contribution in [2.45, 2.75) is 55.3 Å². The summed E-state index contributed by atoms with van der Waals surface area (Å²) in [7, 11) is 0. The molecular formula is C33H37BrN2O6. The molecule has 8 nitrogen and oxygen atoms in total. The molecule has 9 heteroatoms. The van der Waals surface area contributed by atoms with Crippen LogP contribution in [-0.4, -0.2) is 70.1 Å². The van der Waals surface area contributed by atoms with Crippen LogP contribution in [0.4, 0.5) is 5.69 Å². The summed E-state index contributed by atoms with van der Waals surface area (Å²) >= 11 is 3.70. The van der Waals surface area contributed by atoms with E-state index in [4.69, 9.17) is 9.47 Å². The first-order chi connectivity index (χ1) is 20.2. The van der Waals surface area contributed by atoms with Gasteiger partial charge in [0.05, 0.1) is 37.2 Å². The Bertz CT molecular complexity index is 1380. The van der Waals surface area contributed by atoms with Crippen LogP contribution in [0.3, 0.4) is 0 Å². The Hall–Kier alpha value is -3.27. The Labute approximate surface area is 255 Å². The number of amides is 2. The first kappa shape index (κ1) is 30.2. The van der Waals surface area contributed by atoms with E-state index in [1.54, 1.807) is 17.1 Å². The number of halogens is 1. The smallest absolute Gasteiger partial charge is 0.312 e. The molecule has 0 saturated carbocycles. The molecule has 2 aromatic carbocycles. The van der Waals surface area contributed by atoms with Gasteiger partial charge in [0.15, 0.2) is 0 Å². The van der Waals surface area contributed by atoms with E-state index < -0.39 is 54.1 Å². The molecule has 2 aromatic rings. The molecule has 3 aliphatic rings. The molecule has 3 saturated heterocycles. The third-order valence-corrected chi connectivity index (χ3v) is 9.57. The molecule has 3 aliphatic heterocycles. The van der Waals surface area contributed by atoms with Gasteiger partial charge in [-0.2, -0.15) is 0 Å². The van der Waals surface area contributed by atoms with E-state index in [0.717, 1.165) is 11.1 Å². The van der Waals surface area contributed by atoms with Crippen molar-refractivity contribution in [3.8, 4) is 0 Å². The lowest BCUT2D eigenvalue weighted by atomic mass is 9.70. The van der Waals surface area contributed by atoms with Crippen molar-refractivity contribution in [2.75, 3.05) is 24.7 Å². The van der Waals surface area contributed by atoms with Gasteiger partial charge in [-0.15, -0.1) is 13.2 Å². The quantitative estimate of drug-likeness (QED) is 0.170. The first-order valence-corrected chi connectivity index (χ1v) is 15.2. The fraction of sp³-hybridized carbons (Fsp3) is 0.424. The normalized spacial score (nSPS) is 28.3. The van der Waals surface area contributed by atoms with Crippen molar-refractivity contribution in [2.24, 2.45) is 11.8 Å². The number of carbonyl (C=O) groups excluding carboxylic acids is 3. The third kappa shape index (κ3) is 4.91. The van der Waals surface area contributed by atoms with Crippen molar-refractivity contribution < 1.29 is 29.0 Å². The second-order valence-electron chi connectivity index (χ2n) is 11.3. The second kappa shape index (κ2) is 12.1. The van der Waals surface area contributed by atoms with Crippen LogP contribution < -0.4 is 4.90 Å². The number of aliphatic hydroxyl groups is 1. The molecule has 3 unspecified atom stereocenters. The Kier molecular flexibility index (Phi) is 8.73. The Balaban J connectivity index is 1.65. The molecule has 2 amide bonds. The van der Waals surface area contributed by atoms with E-state index in [2.05, 4.69) is 29.1 Å². The van der Waals surface area contributed by atoms with Gasteiger partial charge in [0.2, 0.25) is 5.91 Å². The van der Waals surface area contributed by atoms with Gasteiger partial charge in [-0.3, -0.25) is 14.4 Å². The molecule has 3 fully saturated rings. The van der Waals surface area contributed by atoms with Crippen molar-refractivity contribution in [3.05, 3.63) is 90.5 Å². The van der Waals surface area contributed by atoms with E-state index in [0.29, 0.717) is 24.1 Å². The highest BCUT2D eigenvalue weighted by Gasteiger charge is 2.77. The number of hydrogen-bond acceptors (Lipinski definition) is 6. The molecule has 1 N–H and O–H groups in total. The fourth-order valence-corrected chi connectivity index (χ4v) is 7.86. The summed E-state index contributed by atoms with van der Waals surface area (Å²) < 4.78 is 12.2. The van der Waals surface area contributed by atoms with Crippen LogP contribution in [0, 0.1) is 25.7 Å².